The molecule has 1 aromatic heterocycles. The van der Waals surface area contributed by atoms with Crippen molar-refractivity contribution in [3.8, 4) is 11.1 Å². The van der Waals surface area contributed by atoms with Crippen molar-refractivity contribution in [1.82, 2.24) is 0 Å². The molecule has 41 heavy (non-hydrogen) atoms. The molecule has 7 aromatic rings. The summed E-state index contributed by atoms with van der Waals surface area (Å²) in [6.07, 6.45) is 0. The second kappa shape index (κ2) is 9.95. The van der Waals surface area contributed by atoms with Crippen LogP contribution in [0.25, 0.3) is 33.1 Å². The first-order valence-corrected chi connectivity index (χ1v) is 15.3. The molecule has 0 saturated heterocycles. The molecular formula is C36H23F3OSi. The van der Waals surface area contributed by atoms with Gasteiger partial charge in [0.15, 0.2) is 8.07 Å². The van der Waals surface area contributed by atoms with Gasteiger partial charge >= 0.3 is 0 Å². The third-order valence-electron chi connectivity index (χ3n) is 7.86. The van der Waals surface area contributed by atoms with Crippen molar-refractivity contribution < 1.29 is 17.6 Å². The highest BCUT2D eigenvalue weighted by Crippen LogP contribution is 2.32. The highest BCUT2D eigenvalue weighted by Gasteiger charge is 2.41. The number of halogens is 3. The highest BCUT2D eigenvalue weighted by molar-refractivity contribution is 7.19. The lowest BCUT2D eigenvalue weighted by atomic mass is 10.0. The van der Waals surface area contributed by atoms with Crippen LogP contribution in [0.1, 0.15) is 0 Å². The third kappa shape index (κ3) is 4.26. The van der Waals surface area contributed by atoms with E-state index in [9.17, 15) is 13.2 Å². The zero-order valence-electron chi connectivity index (χ0n) is 21.8. The van der Waals surface area contributed by atoms with E-state index < -0.39 is 8.07 Å². The Morgan fingerprint density at radius 2 is 0.805 bits per heavy atom. The minimum atomic E-state index is -3.08. The van der Waals surface area contributed by atoms with Crippen LogP contribution in [0.2, 0.25) is 0 Å². The van der Waals surface area contributed by atoms with Crippen LogP contribution in [0, 0.1) is 17.5 Å². The van der Waals surface area contributed by atoms with E-state index in [0.717, 1.165) is 53.8 Å². The van der Waals surface area contributed by atoms with E-state index in [1.807, 2.05) is 18.2 Å². The lowest BCUT2D eigenvalue weighted by molar-refractivity contribution is 0.628. The van der Waals surface area contributed by atoms with Gasteiger partial charge in [0.25, 0.3) is 0 Å². The number of hydrogen-bond donors (Lipinski definition) is 0. The first kappa shape index (κ1) is 25.1. The maximum Gasteiger partial charge on any atom is 0.179 e. The van der Waals surface area contributed by atoms with E-state index in [2.05, 4.69) is 48.5 Å². The molecule has 198 valence electrons. The molecule has 0 amide bonds. The summed E-state index contributed by atoms with van der Waals surface area (Å²) in [6.45, 7) is 0. The molecule has 5 heteroatoms. The van der Waals surface area contributed by atoms with Crippen molar-refractivity contribution in [3.05, 3.63) is 157 Å². The van der Waals surface area contributed by atoms with Crippen LogP contribution in [-0.2, 0) is 0 Å². The molecule has 0 aliphatic heterocycles. The van der Waals surface area contributed by atoms with Crippen molar-refractivity contribution in [2.45, 2.75) is 0 Å². The van der Waals surface area contributed by atoms with Crippen molar-refractivity contribution >= 4 is 50.8 Å². The van der Waals surface area contributed by atoms with Crippen molar-refractivity contribution in [2.75, 3.05) is 0 Å². The van der Waals surface area contributed by atoms with Gasteiger partial charge < -0.3 is 4.42 Å². The van der Waals surface area contributed by atoms with Gasteiger partial charge in [-0.15, -0.1) is 0 Å². The summed E-state index contributed by atoms with van der Waals surface area (Å²) in [6, 6.07) is 41.9. The molecule has 0 spiro atoms. The van der Waals surface area contributed by atoms with Gasteiger partial charge in [-0.25, -0.2) is 13.2 Å². The molecular weight excluding hydrogens is 533 g/mol. The second-order valence-corrected chi connectivity index (χ2v) is 14.0. The van der Waals surface area contributed by atoms with E-state index >= 15 is 0 Å². The second-order valence-electron chi connectivity index (χ2n) is 10.2. The summed E-state index contributed by atoms with van der Waals surface area (Å²) in [5.41, 5.74) is 3.70. The third-order valence-corrected chi connectivity index (χ3v) is 12.7. The molecule has 1 heterocycles. The molecule has 0 fully saturated rings. The van der Waals surface area contributed by atoms with Crippen molar-refractivity contribution in [3.63, 3.8) is 0 Å². The lowest BCUT2D eigenvalue weighted by Crippen LogP contribution is -2.74. The van der Waals surface area contributed by atoms with E-state index in [1.54, 1.807) is 36.4 Å². The monoisotopic (exact) mass is 556 g/mol. The summed E-state index contributed by atoms with van der Waals surface area (Å²) >= 11 is 0. The fourth-order valence-corrected chi connectivity index (χ4v) is 10.6. The van der Waals surface area contributed by atoms with Gasteiger partial charge in [-0.3, -0.25) is 0 Å². The molecule has 0 aliphatic rings. The Morgan fingerprint density at radius 3 is 1.32 bits per heavy atom. The molecule has 1 nitrogen and oxygen atoms in total. The van der Waals surface area contributed by atoms with Gasteiger partial charge in [0, 0.05) is 10.8 Å². The number of para-hydroxylation sites is 1. The summed E-state index contributed by atoms with van der Waals surface area (Å²) in [5, 5.41) is 5.89. The van der Waals surface area contributed by atoms with Crippen molar-refractivity contribution in [1.29, 1.82) is 0 Å². The van der Waals surface area contributed by atoms with E-state index in [4.69, 9.17) is 4.42 Å². The summed E-state index contributed by atoms with van der Waals surface area (Å²) < 4.78 is 48.5. The number of furan rings is 1. The van der Waals surface area contributed by atoms with E-state index in [0.29, 0.717) is 0 Å². The fourth-order valence-electron chi connectivity index (χ4n) is 5.92. The highest BCUT2D eigenvalue weighted by atomic mass is 28.3. The van der Waals surface area contributed by atoms with Gasteiger partial charge in [-0.1, -0.05) is 84.9 Å². The summed E-state index contributed by atoms with van der Waals surface area (Å²) in [7, 11) is -3.08. The predicted octanol–water partition coefficient (Wildman–Crippen LogP) is 7.05. The van der Waals surface area contributed by atoms with Gasteiger partial charge in [0.05, 0.1) is 0 Å². The number of fused-ring (bicyclic) bond motifs is 3. The largest absolute Gasteiger partial charge is 0.456 e. The van der Waals surface area contributed by atoms with Crippen LogP contribution in [0.4, 0.5) is 13.2 Å². The standard InChI is InChI=1S/C36H23F3OSi/c37-26-8-16-30(17-9-26)41(31-18-10-27(38)11-19-31,32-20-12-28(39)13-21-32)29-14-5-24(6-15-29)25-7-22-34-33-3-1-2-4-35(33)40-36(34)23-25/h1-23H. The average molecular weight is 557 g/mol. The molecule has 0 atom stereocenters. The fraction of sp³-hybridized carbons (Fsp3) is 0. The van der Waals surface area contributed by atoms with Crippen LogP contribution in [0.15, 0.2) is 144 Å². The van der Waals surface area contributed by atoms with Crippen LogP contribution in [0.5, 0.6) is 0 Å². The van der Waals surface area contributed by atoms with Crippen LogP contribution >= 0.6 is 0 Å². The van der Waals surface area contributed by atoms with E-state index in [-0.39, 0.29) is 17.5 Å². The Morgan fingerprint density at radius 1 is 0.390 bits per heavy atom. The van der Waals surface area contributed by atoms with E-state index in [1.165, 1.54) is 36.4 Å². The summed E-state index contributed by atoms with van der Waals surface area (Å²) in [4.78, 5) is 0. The Labute approximate surface area is 236 Å². The van der Waals surface area contributed by atoms with Crippen LogP contribution in [0.3, 0.4) is 0 Å². The topological polar surface area (TPSA) is 13.1 Å². The number of rotatable bonds is 5. The van der Waals surface area contributed by atoms with Crippen LogP contribution < -0.4 is 20.7 Å². The normalized spacial score (nSPS) is 11.8. The molecule has 6 aromatic carbocycles. The molecule has 0 radical (unpaired) electrons. The first-order valence-electron chi connectivity index (χ1n) is 13.3. The van der Waals surface area contributed by atoms with Gasteiger partial charge in [0.2, 0.25) is 0 Å². The quantitative estimate of drug-likeness (QED) is 0.164. The van der Waals surface area contributed by atoms with Gasteiger partial charge in [-0.05, 0) is 86.5 Å². The smallest absolute Gasteiger partial charge is 0.179 e. The first-order chi connectivity index (χ1) is 20.0. The number of hydrogen-bond acceptors (Lipinski definition) is 1. The molecule has 7 rings (SSSR count). The maximum atomic E-state index is 14.1. The van der Waals surface area contributed by atoms with Gasteiger partial charge in [0.1, 0.15) is 28.6 Å². The number of benzene rings is 6. The Balaban J connectivity index is 1.42. The molecule has 0 unspecified atom stereocenters. The minimum Gasteiger partial charge on any atom is -0.456 e. The Kier molecular flexibility index (Phi) is 6.09. The Hall–Kier alpha value is -4.87. The summed E-state index contributed by atoms with van der Waals surface area (Å²) in [5.74, 6) is -1.02. The zero-order valence-corrected chi connectivity index (χ0v) is 22.8. The molecule has 0 aliphatic carbocycles. The molecule has 0 bridgehead atoms. The maximum absolute atomic E-state index is 14.1. The predicted molar refractivity (Wildman–Crippen MR) is 163 cm³/mol. The lowest BCUT2D eigenvalue weighted by Gasteiger charge is -2.34. The van der Waals surface area contributed by atoms with Crippen molar-refractivity contribution in [2.24, 2.45) is 0 Å². The SMILES string of the molecule is Fc1ccc([Si](c2ccc(F)cc2)(c2ccc(F)cc2)c2ccc(-c3ccc4c(c3)oc3ccccc34)cc2)cc1. The average Bonchev–Trinajstić information content (AvgIpc) is 3.38. The van der Waals surface area contributed by atoms with Crippen LogP contribution in [-0.4, -0.2) is 8.07 Å². The van der Waals surface area contributed by atoms with Gasteiger partial charge in [-0.2, -0.15) is 0 Å². The zero-order chi connectivity index (χ0) is 28.0. The molecule has 0 N–H and O–H groups in total. The molecule has 0 saturated carbocycles. The Bertz CT molecular complexity index is 1880. The minimum absolute atomic E-state index is 0.341.